The highest BCUT2D eigenvalue weighted by Crippen LogP contribution is 2.41. The monoisotopic (exact) mass is 298 g/mol. The van der Waals surface area contributed by atoms with E-state index in [4.69, 9.17) is 4.74 Å². The summed E-state index contributed by atoms with van der Waals surface area (Å²) in [6.07, 6.45) is 1.38. The molecular weight excluding hydrogens is 280 g/mol. The van der Waals surface area contributed by atoms with Crippen molar-refractivity contribution in [2.75, 3.05) is 7.11 Å². The van der Waals surface area contributed by atoms with Gasteiger partial charge in [-0.05, 0) is 18.9 Å². The van der Waals surface area contributed by atoms with Crippen molar-refractivity contribution in [3.63, 3.8) is 0 Å². The SMILES string of the molecule is CCC1(CC)N=C(C(=O)OC)C(=O)c2c1[nH]c1ccccc21. The number of hydrogen-bond acceptors (Lipinski definition) is 4. The Morgan fingerprint density at radius 1 is 1.27 bits per heavy atom. The molecule has 2 aromatic rings. The van der Waals surface area contributed by atoms with Gasteiger partial charge < -0.3 is 9.72 Å². The van der Waals surface area contributed by atoms with E-state index in [2.05, 4.69) is 9.98 Å². The summed E-state index contributed by atoms with van der Waals surface area (Å²) >= 11 is 0. The van der Waals surface area contributed by atoms with Crippen LogP contribution in [0.25, 0.3) is 10.9 Å². The Morgan fingerprint density at radius 2 is 1.95 bits per heavy atom. The molecule has 0 unspecified atom stereocenters. The fourth-order valence-electron chi connectivity index (χ4n) is 3.16. The molecule has 5 heteroatoms. The molecular formula is C17H18N2O3. The van der Waals surface area contributed by atoms with E-state index < -0.39 is 11.5 Å². The van der Waals surface area contributed by atoms with E-state index in [0.717, 1.165) is 16.6 Å². The predicted octanol–water partition coefficient (Wildman–Crippen LogP) is 2.99. The number of aliphatic imine (C=N–C) groups is 1. The molecule has 3 rings (SSSR count). The van der Waals surface area contributed by atoms with Crippen molar-refractivity contribution in [1.29, 1.82) is 0 Å². The number of benzene rings is 1. The molecule has 0 atom stereocenters. The Hall–Kier alpha value is -2.43. The number of fused-ring (bicyclic) bond motifs is 3. The summed E-state index contributed by atoms with van der Waals surface area (Å²) in [6.45, 7) is 4.01. The first-order valence-electron chi connectivity index (χ1n) is 7.42. The van der Waals surface area contributed by atoms with E-state index in [9.17, 15) is 9.59 Å². The highest BCUT2D eigenvalue weighted by Gasteiger charge is 2.43. The van der Waals surface area contributed by atoms with Crippen LogP contribution in [0.15, 0.2) is 29.3 Å². The summed E-state index contributed by atoms with van der Waals surface area (Å²) < 4.78 is 4.75. The zero-order valence-electron chi connectivity index (χ0n) is 12.9. The van der Waals surface area contributed by atoms with Gasteiger partial charge in [0.05, 0.1) is 18.4 Å². The lowest BCUT2D eigenvalue weighted by Gasteiger charge is -2.31. The molecule has 5 nitrogen and oxygen atoms in total. The quantitative estimate of drug-likeness (QED) is 0.885. The molecule has 0 aliphatic carbocycles. The van der Waals surface area contributed by atoms with Crippen molar-refractivity contribution >= 4 is 28.4 Å². The van der Waals surface area contributed by atoms with Crippen molar-refractivity contribution in [2.45, 2.75) is 32.2 Å². The van der Waals surface area contributed by atoms with Crippen LogP contribution in [0.3, 0.4) is 0 Å². The number of aromatic nitrogens is 1. The summed E-state index contributed by atoms with van der Waals surface area (Å²) in [5.41, 5.74) is 1.54. The molecule has 22 heavy (non-hydrogen) atoms. The number of nitrogens with zero attached hydrogens (tertiary/aromatic N) is 1. The second-order valence-corrected chi connectivity index (χ2v) is 5.44. The van der Waals surface area contributed by atoms with Crippen molar-refractivity contribution in [3.05, 3.63) is 35.5 Å². The van der Waals surface area contributed by atoms with Gasteiger partial charge in [0.15, 0.2) is 5.71 Å². The molecule has 0 amide bonds. The third-order valence-corrected chi connectivity index (χ3v) is 4.49. The summed E-state index contributed by atoms with van der Waals surface area (Å²) in [5.74, 6) is -1.04. The number of hydrogen-bond donors (Lipinski definition) is 1. The second kappa shape index (κ2) is 5.09. The number of Topliss-reactive ketones (excluding diaryl/α,β-unsaturated/α-hetero) is 1. The van der Waals surface area contributed by atoms with Crippen LogP contribution in [-0.2, 0) is 15.1 Å². The number of ether oxygens (including phenoxy) is 1. The molecule has 0 bridgehead atoms. The molecule has 0 spiro atoms. The van der Waals surface area contributed by atoms with E-state index in [-0.39, 0.29) is 11.5 Å². The first-order chi connectivity index (χ1) is 10.6. The molecule has 1 N–H and O–H groups in total. The lowest BCUT2D eigenvalue weighted by atomic mass is 9.82. The topological polar surface area (TPSA) is 71.5 Å². The zero-order chi connectivity index (χ0) is 15.9. The van der Waals surface area contributed by atoms with Gasteiger partial charge in [-0.1, -0.05) is 32.0 Å². The lowest BCUT2D eigenvalue weighted by Crippen LogP contribution is -2.38. The van der Waals surface area contributed by atoms with E-state index in [0.29, 0.717) is 18.4 Å². The van der Waals surface area contributed by atoms with Crippen LogP contribution in [0.5, 0.6) is 0 Å². The minimum absolute atomic E-state index is 0.108. The van der Waals surface area contributed by atoms with Gasteiger partial charge in [0.2, 0.25) is 5.78 Å². The lowest BCUT2D eigenvalue weighted by molar-refractivity contribution is -0.132. The number of aromatic amines is 1. The number of esters is 1. The summed E-state index contributed by atoms with van der Waals surface area (Å²) in [7, 11) is 1.27. The Kier molecular flexibility index (Phi) is 3.35. The van der Waals surface area contributed by atoms with Gasteiger partial charge in [0.1, 0.15) is 5.54 Å². The molecule has 0 fully saturated rings. The number of H-pyrrole nitrogens is 1. The average molecular weight is 298 g/mol. The van der Waals surface area contributed by atoms with Crippen LogP contribution in [0.4, 0.5) is 0 Å². The molecule has 0 radical (unpaired) electrons. The summed E-state index contributed by atoms with van der Waals surface area (Å²) in [5, 5.41) is 0.824. The maximum absolute atomic E-state index is 12.8. The molecule has 1 aliphatic heterocycles. The van der Waals surface area contributed by atoms with Gasteiger partial charge in [-0.2, -0.15) is 0 Å². The van der Waals surface area contributed by atoms with Crippen LogP contribution in [-0.4, -0.2) is 29.6 Å². The van der Waals surface area contributed by atoms with Gasteiger partial charge in [-0.3, -0.25) is 9.79 Å². The van der Waals surface area contributed by atoms with Crippen LogP contribution >= 0.6 is 0 Å². The van der Waals surface area contributed by atoms with Gasteiger partial charge >= 0.3 is 5.97 Å². The van der Waals surface area contributed by atoms with Crippen LogP contribution in [0.2, 0.25) is 0 Å². The average Bonchev–Trinajstić information content (AvgIpc) is 2.95. The number of ketones is 1. The molecule has 0 saturated carbocycles. The smallest absolute Gasteiger partial charge is 0.360 e. The van der Waals surface area contributed by atoms with Gasteiger partial charge in [0, 0.05) is 10.9 Å². The Bertz CT molecular complexity index is 797. The number of nitrogens with one attached hydrogen (secondary N) is 1. The Balaban J connectivity index is 2.35. The number of para-hydroxylation sites is 1. The fraction of sp³-hybridized carbons (Fsp3) is 0.353. The van der Waals surface area contributed by atoms with Gasteiger partial charge in [-0.25, -0.2) is 4.79 Å². The highest BCUT2D eigenvalue weighted by molar-refractivity contribution is 6.69. The van der Waals surface area contributed by atoms with E-state index in [1.54, 1.807) is 0 Å². The maximum Gasteiger partial charge on any atom is 0.360 e. The number of carbonyl (C=O) groups is 2. The minimum atomic E-state index is -0.674. The van der Waals surface area contributed by atoms with Crippen LogP contribution in [0.1, 0.15) is 42.7 Å². The number of rotatable bonds is 3. The van der Waals surface area contributed by atoms with E-state index in [1.165, 1.54) is 7.11 Å². The molecule has 2 heterocycles. The molecule has 1 aromatic heterocycles. The first kappa shape index (κ1) is 14.5. The van der Waals surface area contributed by atoms with Crippen molar-refractivity contribution in [2.24, 2.45) is 4.99 Å². The third-order valence-electron chi connectivity index (χ3n) is 4.49. The Morgan fingerprint density at radius 3 is 2.59 bits per heavy atom. The molecule has 1 aromatic carbocycles. The normalized spacial score (nSPS) is 16.3. The summed E-state index contributed by atoms with van der Waals surface area (Å²) in [6, 6.07) is 7.61. The van der Waals surface area contributed by atoms with E-state index >= 15 is 0 Å². The van der Waals surface area contributed by atoms with Crippen LogP contribution < -0.4 is 0 Å². The largest absolute Gasteiger partial charge is 0.464 e. The van der Waals surface area contributed by atoms with Crippen LogP contribution in [0, 0.1) is 0 Å². The standard InChI is InChI=1S/C17H18N2O3/c1-4-17(5-2)15-12(10-8-6-7-9-11(10)18-15)14(20)13(19-17)16(21)22-3/h6-9,18H,4-5H2,1-3H3. The van der Waals surface area contributed by atoms with Gasteiger partial charge in [-0.15, -0.1) is 0 Å². The third kappa shape index (κ3) is 1.81. The summed E-state index contributed by atoms with van der Waals surface area (Å²) in [4.78, 5) is 32.6. The maximum atomic E-state index is 12.8. The van der Waals surface area contributed by atoms with Crippen molar-refractivity contribution in [1.82, 2.24) is 4.98 Å². The molecule has 114 valence electrons. The fourth-order valence-corrected chi connectivity index (χ4v) is 3.16. The van der Waals surface area contributed by atoms with E-state index in [1.807, 2.05) is 38.1 Å². The second-order valence-electron chi connectivity index (χ2n) is 5.44. The minimum Gasteiger partial charge on any atom is -0.464 e. The van der Waals surface area contributed by atoms with Gasteiger partial charge in [0.25, 0.3) is 0 Å². The highest BCUT2D eigenvalue weighted by atomic mass is 16.5. The van der Waals surface area contributed by atoms with Crippen molar-refractivity contribution in [3.8, 4) is 0 Å². The number of carbonyl (C=O) groups excluding carboxylic acids is 2. The first-order valence-corrected chi connectivity index (χ1v) is 7.42. The van der Waals surface area contributed by atoms with Crippen molar-refractivity contribution < 1.29 is 14.3 Å². The predicted molar refractivity (Wildman–Crippen MR) is 84.3 cm³/mol. The molecule has 1 aliphatic rings. The molecule has 0 saturated heterocycles. The Labute approximate surface area is 128 Å². The number of methoxy groups -OCH3 is 1. The zero-order valence-corrected chi connectivity index (χ0v) is 12.9.